The third-order valence-electron chi connectivity index (χ3n) is 6.37. The van der Waals surface area contributed by atoms with Gasteiger partial charge in [0.15, 0.2) is 6.73 Å². The molecule has 0 aliphatic carbocycles. The Morgan fingerprint density at radius 1 is 1.00 bits per heavy atom. The lowest BCUT2D eigenvalue weighted by Gasteiger charge is -2.32. The van der Waals surface area contributed by atoms with E-state index < -0.39 is 36.4 Å². The van der Waals surface area contributed by atoms with Crippen LogP contribution in [0.25, 0.3) is 0 Å². The Hall–Kier alpha value is -2.84. The zero-order chi connectivity index (χ0) is 22.9. The molecule has 2 heterocycles. The summed E-state index contributed by atoms with van der Waals surface area (Å²) in [5, 5.41) is 0. The van der Waals surface area contributed by atoms with Crippen molar-refractivity contribution in [3.63, 3.8) is 0 Å². The Kier molecular flexibility index (Phi) is 6.01. The van der Waals surface area contributed by atoms with Gasteiger partial charge in [-0.2, -0.15) is 0 Å². The van der Waals surface area contributed by atoms with E-state index in [1.165, 1.54) is 4.90 Å². The number of ether oxygens (including phenoxy) is 2. The van der Waals surface area contributed by atoms with Gasteiger partial charge in [0.1, 0.15) is 12.6 Å². The van der Waals surface area contributed by atoms with Gasteiger partial charge in [-0.25, -0.2) is 9.59 Å². The molecule has 168 valence electrons. The summed E-state index contributed by atoms with van der Waals surface area (Å²) in [6.07, 6.45) is -0.235. The van der Waals surface area contributed by atoms with Crippen molar-refractivity contribution in [1.82, 2.24) is 4.90 Å². The lowest BCUT2D eigenvalue weighted by atomic mass is 9.78. The summed E-state index contributed by atoms with van der Waals surface area (Å²) in [4.78, 5) is 26.2. The van der Waals surface area contributed by atoms with Crippen molar-refractivity contribution in [3.8, 4) is 0 Å². The van der Waals surface area contributed by atoms with Crippen molar-refractivity contribution in [2.45, 2.75) is 58.0 Å². The normalized spacial score (nSPS) is 21.5. The van der Waals surface area contributed by atoms with Crippen LogP contribution < -0.4 is 5.46 Å². The molecule has 4 rings (SSSR count). The zero-order valence-electron chi connectivity index (χ0n) is 18.9. The molecule has 2 aliphatic heterocycles. The fourth-order valence-corrected chi connectivity index (χ4v) is 3.64. The number of carbonyl (C=O) groups excluding carboxylic acids is 2. The molecule has 0 spiro atoms. The van der Waals surface area contributed by atoms with Gasteiger partial charge < -0.3 is 18.8 Å². The fraction of sp³-hybridized carbons (Fsp3) is 0.417. The van der Waals surface area contributed by atoms with E-state index in [1.54, 1.807) is 0 Å². The molecule has 2 aliphatic rings. The van der Waals surface area contributed by atoms with Gasteiger partial charge in [-0.15, -0.1) is 0 Å². The van der Waals surface area contributed by atoms with Gasteiger partial charge in [0.25, 0.3) is 0 Å². The minimum atomic E-state index is -0.721. The van der Waals surface area contributed by atoms with Crippen LogP contribution in [-0.2, 0) is 36.6 Å². The molecule has 0 aromatic heterocycles. The first-order valence-electron chi connectivity index (χ1n) is 10.7. The molecule has 0 unspecified atom stereocenters. The standard InChI is InChI=1S/C24H28BNO6/c1-23(2)24(3,4)32-25(31-23)19-12-10-17(11-13-19)14-20-21(27)30-16-26(20)22(28)29-15-18-8-6-5-7-9-18/h5-13,20H,14-16H2,1-4H3/t20-/m0/s1. The van der Waals surface area contributed by atoms with E-state index in [1.807, 2.05) is 82.3 Å². The molecule has 2 aromatic rings. The van der Waals surface area contributed by atoms with Crippen LogP contribution in [0.4, 0.5) is 4.79 Å². The molecule has 8 heteroatoms. The molecule has 7 nitrogen and oxygen atoms in total. The van der Waals surface area contributed by atoms with Gasteiger partial charge in [0, 0.05) is 6.42 Å². The number of rotatable bonds is 5. The zero-order valence-corrected chi connectivity index (χ0v) is 18.9. The highest BCUT2D eigenvalue weighted by molar-refractivity contribution is 6.62. The first-order chi connectivity index (χ1) is 15.2. The van der Waals surface area contributed by atoms with Crippen molar-refractivity contribution < 1.29 is 28.4 Å². The average Bonchev–Trinajstić information content (AvgIpc) is 3.23. The minimum Gasteiger partial charge on any atom is -0.444 e. The van der Waals surface area contributed by atoms with E-state index in [4.69, 9.17) is 18.8 Å². The van der Waals surface area contributed by atoms with Crippen LogP contribution in [0.1, 0.15) is 38.8 Å². The van der Waals surface area contributed by atoms with Crippen LogP contribution >= 0.6 is 0 Å². The number of carbonyl (C=O) groups is 2. The van der Waals surface area contributed by atoms with Gasteiger partial charge in [0.2, 0.25) is 0 Å². The lowest BCUT2D eigenvalue weighted by Crippen LogP contribution is -2.41. The Labute approximate surface area is 188 Å². The van der Waals surface area contributed by atoms with E-state index in [0.29, 0.717) is 6.42 Å². The minimum absolute atomic E-state index is 0.108. The molecule has 0 radical (unpaired) electrons. The molecule has 0 N–H and O–H groups in total. The highest BCUT2D eigenvalue weighted by Crippen LogP contribution is 2.36. The number of nitrogens with zero attached hydrogens (tertiary/aromatic N) is 1. The molecule has 2 fully saturated rings. The van der Waals surface area contributed by atoms with E-state index in [9.17, 15) is 9.59 Å². The van der Waals surface area contributed by atoms with Crippen LogP contribution in [0.5, 0.6) is 0 Å². The van der Waals surface area contributed by atoms with Gasteiger partial charge >= 0.3 is 19.2 Å². The van der Waals surface area contributed by atoms with E-state index in [0.717, 1.165) is 16.6 Å². The van der Waals surface area contributed by atoms with Crippen LogP contribution in [0.3, 0.4) is 0 Å². The Balaban J connectivity index is 1.39. The second-order valence-corrected chi connectivity index (χ2v) is 9.15. The first-order valence-corrected chi connectivity index (χ1v) is 10.7. The summed E-state index contributed by atoms with van der Waals surface area (Å²) in [6.45, 7) is 8.08. The van der Waals surface area contributed by atoms with E-state index in [-0.39, 0.29) is 13.3 Å². The second-order valence-electron chi connectivity index (χ2n) is 9.15. The summed E-state index contributed by atoms with van der Waals surface area (Å²) in [5.74, 6) is -0.434. The third kappa shape index (κ3) is 4.52. The predicted molar refractivity (Wildman–Crippen MR) is 119 cm³/mol. The topological polar surface area (TPSA) is 74.3 Å². The van der Waals surface area contributed by atoms with Gasteiger partial charge in [-0.1, -0.05) is 54.6 Å². The van der Waals surface area contributed by atoms with Crippen molar-refractivity contribution in [3.05, 3.63) is 65.7 Å². The van der Waals surface area contributed by atoms with Crippen LogP contribution in [0.2, 0.25) is 0 Å². The molecule has 0 bridgehead atoms. The summed E-state index contributed by atoms with van der Waals surface area (Å²) in [6, 6.07) is 16.4. The SMILES string of the molecule is CC1(C)OB(c2ccc(C[C@H]3C(=O)OCN3C(=O)OCc3ccccc3)cc2)OC1(C)C. The van der Waals surface area contributed by atoms with Crippen molar-refractivity contribution >= 4 is 24.6 Å². The number of esters is 1. The first kappa shape index (κ1) is 22.4. The fourth-order valence-electron chi connectivity index (χ4n) is 3.64. The predicted octanol–water partition coefficient (Wildman–Crippen LogP) is 3.05. The van der Waals surface area contributed by atoms with Crippen molar-refractivity contribution in [1.29, 1.82) is 0 Å². The summed E-state index contributed by atoms with van der Waals surface area (Å²) in [7, 11) is -0.449. The molecule has 1 atom stereocenters. The molecule has 32 heavy (non-hydrogen) atoms. The number of amides is 1. The maximum atomic E-state index is 12.6. The van der Waals surface area contributed by atoms with E-state index >= 15 is 0 Å². The summed E-state index contributed by atoms with van der Waals surface area (Å²) >= 11 is 0. The molecular formula is C24H28BNO6. The largest absolute Gasteiger partial charge is 0.494 e. The third-order valence-corrected chi connectivity index (χ3v) is 6.37. The Bertz CT molecular complexity index is 960. The average molecular weight is 437 g/mol. The smallest absolute Gasteiger partial charge is 0.444 e. The maximum Gasteiger partial charge on any atom is 0.494 e. The molecule has 2 aromatic carbocycles. The second kappa shape index (κ2) is 8.60. The molecular weight excluding hydrogens is 409 g/mol. The molecule has 0 saturated carbocycles. The number of hydrogen-bond donors (Lipinski definition) is 0. The Morgan fingerprint density at radius 3 is 2.25 bits per heavy atom. The number of hydrogen-bond acceptors (Lipinski definition) is 6. The van der Waals surface area contributed by atoms with Crippen LogP contribution in [0, 0.1) is 0 Å². The van der Waals surface area contributed by atoms with Gasteiger partial charge in [0.05, 0.1) is 11.2 Å². The number of benzene rings is 2. The lowest BCUT2D eigenvalue weighted by molar-refractivity contribution is -0.139. The summed E-state index contributed by atoms with van der Waals surface area (Å²) < 4.78 is 22.7. The van der Waals surface area contributed by atoms with Crippen molar-refractivity contribution in [2.24, 2.45) is 0 Å². The van der Waals surface area contributed by atoms with E-state index in [2.05, 4.69) is 0 Å². The number of cyclic esters (lactones) is 1. The highest BCUT2D eigenvalue weighted by Gasteiger charge is 2.51. The van der Waals surface area contributed by atoms with Crippen molar-refractivity contribution in [2.75, 3.05) is 6.73 Å². The van der Waals surface area contributed by atoms with Gasteiger partial charge in [-0.3, -0.25) is 4.90 Å². The van der Waals surface area contributed by atoms with Crippen LogP contribution in [-0.4, -0.2) is 48.1 Å². The Morgan fingerprint density at radius 2 is 1.62 bits per heavy atom. The van der Waals surface area contributed by atoms with Crippen LogP contribution in [0.15, 0.2) is 54.6 Å². The highest BCUT2D eigenvalue weighted by atomic mass is 16.7. The van der Waals surface area contributed by atoms with Gasteiger partial charge in [-0.05, 0) is 44.3 Å². The quantitative estimate of drug-likeness (QED) is 0.529. The molecule has 1 amide bonds. The monoisotopic (exact) mass is 437 g/mol. The molecule has 2 saturated heterocycles. The summed E-state index contributed by atoms with van der Waals surface area (Å²) in [5.41, 5.74) is 1.85. The maximum absolute atomic E-state index is 12.6.